The van der Waals surface area contributed by atoms with Gasteiger partial charge >= 0.3 is 0 Å². The van der Waals surface area contributed by atoms with E-state index >= 15 is 0 Å². The summed E-state index contributed by atoms with van der Waals surface area (Å²) in [5, 5.41) is 0. The Hall–Kier alpha value is -4.34. The molecule has 10 heteroatoms. The molecular formula is C30H34N4O6. The fraction of sp³-hybridized carbons (Fsp3) is 0.400. The highest BCUT2D eigenvalue weighted by Gasteiger charge is 2.35. The molecule has 0 spiro atoms. The largest absolute Gasteiger partial charge is 0.343 e. The summed E-state index contributed by atoms with van der Waals surface area (Å²) in [6.45, 7) is 5.28. The van der Waals surface area contributed by atoms with Crippen LogP contribution < -0.4 is 0 Å². The van der Waals surface area contributed by atoms with E-state index in [1.807, 2.05) is 0 Å². The third kappa shape index (κ3) is 6.11. The van der Waals surface area contributed by atoms with Crippen molar-refractivity contribution in [2.75, 3.05) is 39.3 Å². The van der Waals surface area contributed by atoms with E-state index in [2.05, 4.69) is 0 Å². The van der Waals surface area contributed by atoms with Gasteiger partial charge in [0.25, 0.3) is 23.6 Å². The quantitative estimate of drug-likeness (QED) is 0.282. The molecular weight excluding hydrogens is 512 g/mol. The summed E-state index contributed by atoms with van der Waals surface area (Å²) in [5.74, 6) is -1.40. The van der Waals surface area contributed by atoms with Crippen molar-refractivity contribution in [1.29, 1.82) is 0 Å². The lowest BCUT2D eigenvalue weighted by molar-refractivity contribution is -0.130. The average Bonchev–Trinajstić information content (AvgIpc) is 3.33. The molecule has 0 bridgehead atoms. The number of imide groups is 2. The number of nitrogens with zero attached hydrogens (tertiary/aromatic N) is 4. The van der Waals surface area contributed by atoms with Crippen LogP contribution in [0.3, 0.4) is 0 Å². The van der Waals surface area contributed by atoms with Crippen LogP contribution in [0.2, 0.25) is 0 Å². The van der Waals surface area contributed by atoms with Crippen molar-refractivity contribution in [2.24, 2.45) is 0 Å². The molecule has 2 aromatic rings. The van der Waals surface area contributed by atoms with Crippen LogP contribution in [0.4, 0.5) is 0 Å². The lowest BCUT2D eigenvalue weighted by atomic mass is 10.1. The summed E-state index contributed by atoms with van der Waals surface area (Å²) in [6.07, 6.45) is 2.30. The van der Waals surface area contributed by atoms with Crippen LogP contribution in [-0.4, -0.2) is 94.3 Å². The van der Waals surface area contributed by atoms with Crippen LogP contribution in [0.25, 0.3) is 0 Å². The number of amides is 6. The van der Waals surface area contributed by atoms with Gasteiger partial charge in [-0.05, 0) is 49.9 Å². The van der Waals surface area contributed by atoms with E-state index in [1.165, 1.54) is 23.6 Å². The van der Waals surface area contributed by atoms with E-state index in [4.69, 9.17) is 0 Å². The highest BCUT2D eigenvalue weighted by Crippen LogP contribution is 2.23. The fourth-order valence-electron chi connectivity index (χ4n) is 5.18. The first-order valence-corrected chi connectivity index (χ1v) is 13.6. The van der Waals surface area contributed by atoms with Crippen molar-refractivity contribution in [3.05, 3.63) is 70.8 Å². The molecule has 0 aromatic heterocycles. The van der Waals surface area contributed by atoms with E-state index < -0.39 is 0 Å². The minimum Gasteiger partial charge on any atom is -0.343 e. The second-order valence-corrected chi connectivity index (χ2v) is 10.0. The van der Waals surface area contributed by atoms with Crippen molar-refractivity contribution in [3.8, 4) is 0 Å². The van der Waals surface area contributed by atoms with Gasteiger partial charge in [0.1, 0.15) is 0 Å². The van der Waals surface area contributed by atoms with Crippen LogP contribution in [0.1, 0.15) is 81.0 Å². The van der Waals surface area contributed by atoms with Gasteiger partial charge in [0, 0.05) is 53.1 Å². The first kappa shape index (κ1) is 28.7. The number of fused-ring (bicyclic) bond motifs is 2. The molecule has 0 N–H and O–H groups in total. The van der Waals surface area contributed by atoms with E-state index in [1.54, 1.807) is 58.3 Å². The Balaban J connectivity index is 1.17. The van der Waals surface area contributed by atoms with Crippen molar-refractivity contribution >= 4 is 35.4 Å². The van der Waals surface area contributed by atoms with Gasteiger partial charge in [-0.1, -0.05) is 24.3 Å². The standard InChI is InChI=1S/C30H34N4O6/c1-21(35)31(17-9-19-33-27(37)23-11-3-4-12-24(23)28(33)38)15-7-8-16-32(22(2)36)18-10-20-34-29(39)25-13-5-6-14-26(25)30(34)40/h3-6,11-14H,7-10,15-20H2,1-2H3. The summed E-state index contributed by atoms with van der Waals surface area (Å²) in [5.41, 5.74) is 1.65. The first-order valence-electron chi connectivity index (χ1n) is 13.6. The molecule has 2 aliphatic rings. The number of carbonyl (C=O) groups is 6. The number of hydrogen-bond acceptors (Lipinski definition) is 6. The van der Waals surface area contributed by atoms with Crippen molar-refractivity contribution in [2.45, 2.75) is 39.5 Å². The fourth-order valence-corrected chi connectivity index (χ4v) is 5.18. The lowest BCUT2D eigenvalue weighted by Gasteiger charge is -2.25. The minimum atomic E-state index is -0.303. The number of benzene rings is 2. The van der Waals surface area contributed by atoms with Crippen LogP contribution >= 0.6 is 0 Å². The zero-order valence-corrected chi connectivity index (χ0v) is 22.9. The first-order chi connectivity index (χ1) is 19.2. The molecule has 0 unspecified atom stereocenters. The van der Waals surface area contributed by atoms with E-state index in [0.29, 0.717) is 74.1 Å². The molecule has 0 aliphatic carbocycles. The molecule has 210 valence electrons. The SMILES string of the molecule is CC(=O)N(CCCCN(CCCN1C(=O)c2ccccc2C1=O)C(C)=O)CCCN1C(=O)c2ccccc2C1=O. The van der Waals surface area contributed by atoms with Gasteiger partial charge in [0.15, 0.2) is 0 Å². The summed E-state index contributed by atoms with van der Waals surface area (Å²) < 4.78 is 0. The lowest BCUT2D eigenvalue weighted by Crippen LogP contribution is -2.37. The van der Waals surface area contributed by atoms with Gasteiger partial charge in [-0.15, -0.1) is 0 Å². The Bertz CT molecular complexity index is 1170. The van der Waals surface area contributed by atoms with E-state index in [0.717, 1.165) is 0 Å². The minimum absolute atomic E-state index is 0.0910. The topological polar surface area (TPSA) is 115 Å². The molecule has 10 nitrogen and oxygen atoms in total. The molecule has 0 atom stereocenters. The zero-order chi connectivity index (χ0) is 28.8. The maximum atomic E-state index is 12.5. The molecule has 2 heterocycles. The van der Waals surface area contributed by atoms with Crippen LogP contribution in [-0.2, 0) is 9.59 Å². The van der Waals surface area contributed by atoms with E-state index in [9.17, 15) is 28.8 Å². The Morgan fingerprint density at radius 1 is 0.525 bits per heavy atom. The Morgan fingerprint density at radius 2 is 0.800 bits per heavy atom. The van der Waals surface area contributed by atoms with Gasteiger partial charge < -0.3 is 9.80 Å². The maximum Gasteiger partial charge on any atom is 0.261 e. The molecule has 2 aromatic carbocycles. The van der Waals surface area contributed by atoms with Gasteiger partial charge in [-0.2, -0.15) is 0 Å². The molecule has 0 fully saturated rings. The predicted molar refractivity (Wildman–Crippen MR) is 147 cm³/mol. The normalized spacial score (nSPS) is 14.1. The number of rotatable bonds is 13. The van der Waals surface area contributed by atoms with Crippen LogP contribution in [0, 0.1) is 0 Å². The second kappa shape index (κ2) is 12.7. The molecule has 40 heavy (non-hydrogen) atoms. The van der Waals surface area contributed by atoms with Crippen molar-refractivity contribution in [1.82, 2.24) is 19.6 Å². The molecule has 0 radical (unpaired) electrons. The monoisotopic (exact) mass is 546 g/mol. The van der Waals surface area contributed by atoms with E-state index in [-0.39, 0.29) is 48.5 Å². The summed E-state index contributed by atoms with van der Waals surface area (Å²) in [7, 11) is 0. The molecule has 0 saturated heterocycles. The Morgan fingerprint density at radius 3 is 1.07 bits per heavy atom. The van der Waals surface area contributed by atoms with Crippen LogP contribution in [0.15, 0.2) is 48.5 Å². The van der Waals surface area contributed by atoms with Gasteiger partial charge in [-0.3, -0.25) is 38.6 Å². The number of hydrogen-bond donors (Lipinski definition) is 0. The summed E-state index contributed by atoms with van der Waals surface area (Å²) in [6, 6.07) is 13.5. The molecule has 0 saturated carbocycles. The molecule has 2 aliphatic heterocycles. The predicted octanol–water partition coefficient (Wildman–Crippen LogP) is 2.84. The van der Waals surface area contributed by atoms with Gasteiger partial charge in [0.2, 0.25) is 11.8 Å². The Labute approximate surface area is 233 Å². The maximum absolute atomic E-state index is 12.5. The Kier molecular flexibility index (Phi) is 9.08. The third-order valence-corrected chi connectivity index (χ3v) is 7.37. The summed E-state index contributed by atoms with van der Waals surface area (Å²) >= 11 is 0. The molecule has 4 rings (SSSR count). The van der Waals surface area contributed by atoms with Gasteiger partial charge in [0.05, 0.1) is 22.3 Å². The van der Waals surface area contributed by atoms with Crippen LogP contribution in [0.5, 0.6) is 0 Å². The van der Waals surface area contributed by atoms with Crippen molar-refractivity contribution in [3.63, 3.8) is 0 Å². The smallest absolute Gasteiger partial charge is 0.261 e. The average molecular weight is 547 g/mol. The highest BCUT2D eigenvalue weighted by atomic mass is 16.2. The zero-order valence-electron chi connectivity index (χ0n) is 22.9. The molecule has 6 amide bonds. The number of unbranched alkanes of at least 4 members (excludes halogenated alkanes) is 1. The van der Waals surface area contributed by atoms with Crippen molar-refractivity contribution < 1.29 is 28.8 Å². The second-order valence-electron chi connectivity index (χ2n) is 10.0. The number of carbonyl (C=O) groups excluding carboxylic acids is 6. The highest BCUT2D eigenvalue weighted by molar-refractivity contribution is 6.22. The third-order valence-electron chi connectivity index (χ3n) is 7.37. The van der Waals surface area contributed by atoms with Gasteiger partial charge in [-0.25, -0.2) is 0 Å². The summed E-state index contributed by atoms with van der Waals surface area (Å²) in [4.78, 5) is 80.3.